The van der Waals surface area contributed by atoms with Crippen LogP contribution in [0.2, 0.25) is 10.0 Å². The Bertz CT molecular complexity index is 541. The van der Waals surface area contributed by atoms with Gasteiger partial charge in [0.25, 0.3) is 0 Å². The summed E-state index contributed by atoms with van der Waals surface area (Å²) in [7, 11) is 1.74. The molecule has 2 fully saturated rings. The van der Waals surface area contributed by atoms with Gasteiger partial charge in [-0.15, -0.1) is 0 Å². The zero-order chi connectivity index (χ0) is 15.0. The molecule has 114 valence electrons. The van der Waals surface area contributed by atoms with Crippen molar-refractivity contribution in [3.63, 3.8) is 0 Å². The number of rotatable bonds is 3. The molecule has 1 amide bonds. The number of methoxy groups -OCH3 is 1. The lowest BCUT2D eigenvalue weighted by atomic mass is 10.1. The molecule has 0 N–H and O–H groups in total. The van der Waals surface area contributed by atoms with Crippen LogP contribution in [0, 0.1) is 5.92 Å². The minimum absolute atomic E-state index is 0.0859. The molecule has 1 saturated heterocycles. The van der Waals surface area contributed by atoms with Crippen LogP contribution < -0.4 is 0 Å². The molecule has 1 heterocycles. The average molecular weight is 328 g/mol. The van der Waals surface area contributed by atoms with Crippen molar-refractivity contribution < 1.29 is 9.53 Å². The Morgan fingerprint density at radius 1 is 1.29 bits per heavy atom. The highest BCUT2D eigenvalue weighted by molar-refractivity contribution is 6.35. The van der Waals surface area contributed by atoms with Gasteiger partial charge in [0.2, 0.25) is 5.91 Å². The number of carbonyl (C=O) groups excluding carboxylic acids is 1. The van der Waals surface area contributed by atoms with Crippen LogP contribution in [-0.2, 0) is 9.53 Å². The third-order valence-corrected chi connectivity index (χ3v) is 5.12. The Kier molecular flexibility index (Phi) is 4.43. The fraction of sp³-hybridized carbons (Fsp3) is 0.562. The number of carbonyl (C=O) groups is 1. The Balaban J connectivity index is 1.61. The molecule has 21 heavy (non-hydrogen) atoms. The maximum absolute atomic E-state index is 12.5. The predicted octanol–water partition coefficient (Wildman–Crippen LogP) is 3.73. The number of hydrogen-bond acceptors (Lipinski definition) is 2. The molecule has 5 heteroatoms. The van der Waals surface area contributed by atoms with E-state index in [1.807, 2.05) is 17.0 Å². The van der Waals surface area contributed by atoms with Gasteiger partial charge in [0.05, 0.1) is 6.10 Å². The third kappa shape index (κ3) is 3.20. The van der Waals surface area contributed by atoms with E-state index >= 15 is 0 Å². The SMILES string of the molecule is COC1CCN(C(=O)[C@@H]2C[C@H]2c2ccc(Cl)cc2Cl)CC1. The summed E-state index contributed by atoms with van der Waals surface area (Å²) in [5.74, 6) is 0.603. The van der Waals surface area contributed by atoms with Crippen LogP contribution in [0.5, 0.6) is 0 Å². The summed E-state index contributed by atoms with van der Waals surface area (Å²) in [5.41, 5.74) is 1.05. The number of halogens is 2. The van der Waals surface area contributed by atoms with Gasteiger partial charge in [-0.25, -0.2) is 0 Å². The molecule has 2 aliphatic rings. The smallest absolute Gasteiger partial charge is 0.226 e. The van der Waals surface area contributed by atoms with Crippen molar-refractivity contribution in [3.05, 3.63) is 33.8 Å². The van der Waals surface area contributed by atoms with Crippen molar-refractivity contribution in [2.45, 2.75) is 31.3 Å². The molecule has 0 unspecified atom stereocenters. The minimum Gasteiger partial charge on any atom is -0.381 e. The Morgan fingerprint density at radius 3 is 2.62 bits per heavy atom. The number of likely N-dealkylation sites (tertiary alicyclic amines) is 1. The summed E-state index contributed by atoms with van der Waals surface area (Å²) in [6.45, 7) is 1.60. The summed E-state index contributed by atoms with van der Waals surface area (Å²) in [5, 5.41) is 1.30. The second-order valence-electron chi connectivity index (χ2n) is 5.87. The lowest BCUT2D eigenvalue weighted by Gasteiger charge is -2.31. The maximum Gasteiger partial charge on any atom is 0.226 e. The first-order valence-corrected chi connectivity index (χ1v) is 8.12. The predicted molar refractivity (Wildman–Crippen MR) is 83.9 cm³/mol. The summed E-state index contributed by atoms with van der Waals surface area (Å²) >= 11 is 12.2. The van der Waals surface area contributed by atoms with E-state index in [0.717, 1.165) is 37.9 Å². The summed E-state index contributed by atoms with van der Waals surface area (Å²) in [6.07, 6.45) is 3.06. The molecule has 0 radical (unpaired) electrons. The van der Waals surface area contributed by atoms with Gasteiger partial charge in [0, 0.05) is 36.2 Å². The Hall–Kier alpha value is -0.770. The molecular formula is C16H19Cl2NO2. The fourth-order valence-electron chi connectivity index (χ4n) is 3.16. The van der Waals surface area contributed by atoms with Crippen LogP contribution in [0.4, 0.5) is 0 Å². The van der Waals surface area contributed by atoms with Crippen molar-refractivity contribution in [2.75, 3.05) is 20.2 Å². The summed E-state index contributed by atoms with van der Waals surface area (Å²) in [4.78, 5) is 14.5. The molecule has 1 aromatic rings. The normalized spacial score (nSPS) is 26.0. The highest BCUT2D eigenvalue weighted by atomic mass is 35.5. The number of hydrogen-bond donors (Lipinski definition) is 0. The second-order valence-corrected chi connectivity index (χ2v) is 6.72. The van der Waals surface area contributed by atoms with Crippen LogP contribution in [0.25, 0.3) is 0 Å². The molecule has 1 saturated carbocycles. The third-order valence-electron chi connectivity index (χ3n) is 4.56. The van der Waals surface area contributed by atoms with Crippen LogP contribution in [-0.4, -0.2) is 37.1 Å². The lowest BCUT2D eigenvalue weighted by molar-refractivity contribution is -0.135. The van der Waals surface area contributed by atoms with Gasteiger partial charge >= 0.3 is 0 Å². The zero-order valence-electron chi connectivity index (χ0n) is 12.0. The van der Waals surface area contributed by atoms with Crippen LogP contribution in [0.3, 0.4) is 0 Å². The Labute approximate surface area is 135 Å². The minimum atomic E-state index is 0.0859. The van der Waals surface area contributed by atoms with Crippen LogP contribution in [0.15, 0.2) is 18.2 Å². The first-order valence-electron chi connectivity index (χ1n) is 7.36. The molecule has 1 aliphatic heterocycles. The zero-order valence-corrected chi connectivity index (χ0v) is 13.5. The van der Waals surface area contributed by atoms with E-state index in [1.165, 1.54) is 0 Å². The molecular weight excluding hydrogens is 309 g/mol. The standard InChI is InChI=1S/C16H19Cl2NO2/c1-21-11-4-6-19(7-5-11)16(20)14-9-13(14)12-3-2-10(17)8-15(12)18/h2-3,8,11,13-14H,4-7,9H2,1H3/t13-,14+/m0/s1. The van der Waals surface area contributed by atoms with Gasteiger partial charge in [-0.05, 0) is 42.9 Å². The van der Waals surface area contributed by atoms with Gasteiger partial charge in [-0.1, -0.05) is 29.3 Å². The van der Waals surface area contributed by atoms with Crippen LogP contribution in [0.1, 0.15) is 30.7 Å². The highest BCUT2D eigenvalue weighted by Gasteiger charge is 2.46. The van der Waals surface area contributed by atoms with Gasteiger partial charge in [-0.3, -0.25) is 4.79 Å². The van der Waals surface area contributed by atoms with Gasteiger partial charge in [-0.2, -0.15) is 0 Å². The number of benzene rings is 1. The van der Waals surface area contributed by atoms with E-state index in [9.17, 15) is 4.79 Å². The van der Waals surface area contributed by atoms with Crippen molar-refractivity contribution in [1.82, 2.24) is 4.90 Å². The second kappa shape index (κ2) is 6.15. The first-order chi connectivity index (χ1) is 10.1. The number of nitrogens with zero attached hydrogens (tertiary/aromatic N) is 1. The van der Waals surface area contributed by atoms with E-state index in [4.69, 9.17) is 27.9 Å². The van der Waals surface area contributed by atoms with E-state index in [2.05, 4.69) is 0 Å². The number of amides is 1. The average Bonchev–Trinajstić information content (AvgIpc) is 3.27. The number of ether oxygens (including phenoxy) is 1. The van der Waals surface area contributed by atoms with Crippen molar-refractivity contribution in [1.29, 1.82) is 0 Å². The van der Waals surface area contributed by atoms with E-state index < -0.39 is 0 Å². The van der Waals surface area contributed by atoms with E-state index in [1.54, 1.807) is 13.2 Å². The van der Waals surface area contributed by atoms with Gasteiger partial charge in [0.15, 0.2) is 0 Å². The van der Waals surface area contributed by atoms with Gasteiger partial charge < -0.3 is 9.64 Å². The van der Waals surface area contributed by atoms with Crippen molar-refractivity contribution >= 4 is 29.1 Å². The Morgan fingerprint density at radius 2 is 2.00 bits per heavy atom. The summed E-state index contributed by atoms with van der Waals surface area (Å²) in [6, 6.07) is 5.54. The summed E-state index contributed by atoms with van der Waals surface area (Å²) < 4.78 is 5.34. The molecule has 1 aromatic carbocycles. The van der Waals surface area contributed by atoms with E-state index in [0.29, 0.717) is 16.1 Å². The first kappa shape index (κ1) is 15.1. The van der Waals surface area contributed by atoms with Crippen LogP contribution >= 0.6 is 23.2 Å². The highest BCUT2D eigenvalue weighted by Crippen LogP contribution is 2.51. The maximum atomic E-state index is 12.5. The molecule has 3 rings (SSSR count). The number of piperidine rings is 1. The molecule has 0 bridgehead atoms. The molecule has 0 aromatic heterocycles. The lowest BCUT2D eigenvalue weighted by Crippen LogP contribution is -2.41. The topological polar surface area (TPSA) is 29.5 Å². The van der Waals surface area contributed by atoms with Crippen molar-refractivity contribution in [2.24, 2.45) is 5.92 Å². The molecule has 2 atom stereocenters. The van der Waals surface area contributed by atoms with E-state index in [-0.39, 0.29) is 17.7 Å². The largest absolute Gasteiger partial charge is 0.381 e. The monoisotopic (exact) mass is 327 g/mol. The quantitative estimate of drug-likeness (QED) is 0.846. The molecule has 3 nitrogen and oxygen atoms in total. The van der Waals surface area contributed by atoms with Gasteiger partial charge in [0.1, 0.15) is 0 Å². The molecule has 1 aliphatic carbocycles. The molecule has 0 spiro atoms. The van der Waals surface area contributed by atoms with Crippen molar-refractivity contribution in [3.8, 4) is 0 Å². The fourth-order valence-corrected chi connectivity index (χ4v) is 3.71.